The van der Waals surface area contributed by atoms with Crippen molar-refractivity contribution >= 4 is 26.6 Å². The molecule has 0 aliphatic carbocycles. The summed E-state index contributed by atoms with van der Waals surface area (Å²) < 4.78 is 36.1. The van der Waals surface area contributed by atoms with Gasteiger partial charge in [0.15, 0.2) is 9.84 Å². The van der Waals surface area contributed by atoms with Crippen LogP contribution in [0.4, 0.5) is 4.39 Å². The number of carbonyl (C=O) groups excluding carboxylic acids is 1. The van der Waals surface area contributed by atoms with Gasteiger partial charge in [-0.2, -0.15) is 0 Å². The van der Waals surface area contributed by atoms with Crippen LogP contribution in [0.5, 0.6) is 0 Å². The van der Waals surface area contributed by atoms with Crippen LogP contribution < -0.4 is 10.7 Å². The predicted octanol–water partition coefficient (Wildman–Crippen LogP) is 0.708. The average molecular weight is 322 g/mol. The second-order valence-electron chi connectivity index (χ2n) is 4.93. The standard InChI is InChI=1S/C14H11FN2O4S/c15-11-3-1-2-9-12(11)16-6-10(13(9)18)14(19)17-8-4-5-22(20,21)7-8/h1-6,8H,7H2,(H,16,18)(H,17,19)/t8-/m0/s1. The van der Waals surface area contributed by atoms with Crippen molar-refractivity contribution in [3.8, 4) is 0 Å². The molecule has 2 heterocycles. The van der Waals surface area contributed by atoms with Gasteiger partial charge in [-0.1, -0.05) is 6.07 Å². The van der Waals surface area contributed by atoms with E-state index in [1.54, 1.807) is 0 Å². The number of nitrogens with one attached hydrogen (secondary N) is 2. The Balaban J connectivity index is 1.94. The molecule has 1 aromatic heterocycles. The molecule has 1 aliphatic rings. The number of para-hydroxylation sites is 1. The van der Waals surface area contributed by atoms with Crippen LogP contribution in [0.2, 0.25) is 0 Å². The van der Waals surface area contributed by atoms with Gasteiger partial charge in [0.05, 0.1) is 17.3 Å². The zero-order valence-electron chi connectivity index (χ0n) is 11.2. The molecular formula is C14H11FN2O4S. The first-order valence-corrected chi connectivity index (χ1v) is 8.11. The third-order valence-corrected chi connectivity index (χ3v) is 4.75. The fraction of sp³-hybridized carbons (Fsp3) is 0.143. The Hall–Kier alpha value is -2.48. The summed E-state index contributed by atoms with van der Waals surface area (Å²) in [7, 11) is -3.30. The van der Waals surface area contributed by atoms with Gasteiger partial charge in [0.25, 0.3) is 5.91 Å². The highest BCUT2D eigenvalue weighted by Crippen LogP contribution is 2.13. The predicted molar refractivity (Wildman–Crippen MR) is 78.7 cm³/mol. The Morgan fingerprint density at radius 1 is 1.36 bits per heavy atom. The van der Waals surface area contributed by atoms with E-state index >= 15 is 0 Å². The highest BCUT2D eigenvalue weighted by molar-refractivity contribution is 7.94. The number of sulfone groups is 1. The molecule has 8 heteroatoms. The number of hydrogen-bond donors (Lipinski definition) is 2. The second-order valence-corrected chi connectivity index (χ2v) is 6.86. The summed E-state index contributed by atoms with van der Waals surface area (Å²) in [6.07, 6.45) is 2.47. The number of aromatic amines is 1. The number of halogens is 1. The smallest absolute Gasteiger partial charge is 0.257 e. The van der Waals surface area contributed by atoms with Crippen molar-refractivity contribution in [3.05, 3.63) is 57.5 Å². The van der Waals surface area contributed by atoms with Crippen LogP contribution in [0.15, 0.2) is 40.7 Å². The summed E-state index contributed by atoms with van der Waals surface area (Å²) in [5, 5.41) is 3.54. The largest absolute Gasteiger partial charge is 0.358 e. The molecule has 3 rings (SSSR count). The van der Waals surface area contributed by atoms with Crippen LogP contribution >= 0.6 is 0 Å². The maximum atomic E-state index is 13.6. The van der Waals surface area contributed by atoms with Gasteiger partial charge in [-0.05, 0) is 18.2 Å². The Kier molecular flexibility index (Phi) is 3.32. The van der Waals surface area contributed by atoms with Gasteiger partial charge in [-0.15, -0.1) is 0 Å². The zero-order valence-corrected chi connectivity index (χ0v) is 12.0. The van der Waals surface area contributed by atoms with Crippen molar-refractivity contribution in [1.82, 2.24) is 10.3 Å². The number of H-pyrrole nitrogens is 1. The molecule has 1 aromatic carbocycles. The summed E-state index contributed by atoms with van der Waals surface area (Å²) in [5.41, 5.74) is -0.793. The third-order valence-electron chi connectivity index (χ3n) is 3.35. The number of hydrogen-bond acceptors (Lipinski definition) is 4. The maximum Gasteiger partial charge on any atom is 0.257 e. The molecule has 0 spiro atoms. The van der Waals surface area contributed by atoms with Crippen molar-refractivity contribution < 1.29 is 17.6 Å². The fourth-order valence-corrected chi connectivity index (χ4v) is 3.53. The molecule has 1 amide bonds. The molecule has 1 aliphatic heterocycles. The van der Waals surface area contributed by atoms with Gasteiger partial charge in [-0.25, -0.2) is 12.8 Å². The van der Waals surface area contributed by atoms with Crippen molar-refractivity contribution in [2.75, 3.05) is 5.75 Å². The Morgan fingerprint density at radius 3 is 2.82 bits per heavy atom. The molecule has 0 fully saturated rings. The normalized spacial score (nSPS) is 19.4. The van der Waals surface area contributed by atoms with Crippen LogP contribution in [0.3, 0.4) is 0 Å². The minimum absolute atomic E-state index is 0.0207. The van der Waals surface area contributed by atoms with Crippen LogP contribution in [-0.2, 0) is 9.84 Å². The monoisotopic (exact) mass is 322 g/mol. The van der Waals surface area contributed by atoms with E-state index < -0.39 is 33.0 Å². The number of aromatic nitrogens is 1. The van der Waals surface area contributed by atoms with Gasteiger partial charge in [0, 0.05) is 17.0 Å². The molecule has 0 saturated heterocycles. The highest BCUT2D eigenvalue weighted by Gasteiger charge is 2.24. The number of benzene rings is 1. The number of amides is 1. The molecule has 0 saturated carbocycles. The Bertz CT molecular complexity index is 962. The number of fused-ring (bicyclic) bond motifs is 1. The van der Waals surface area contributed by atoms with Gasteiger partial charge in [-0.3, -0.25) is 9.59 Å². The molecule has 2 aromatic rings. The summed E-state index contributed by atoms with van der Waals surface area (Å²) in [6.45, 7) is 0. The van der Waals surface area contributed by atoms with Crippen LogP contribution in [0.25, 0.3) is 10.9 Å². The van der Waals surface area contributed by atoms with Gasteiger partial charge in [0.1, 0.15) is 11.4 Å². The summed E-state index contributed by atoms with van der Waals surface area (Å²) >= 11 is 0. The van der Waals surface area contributed by atoms with E-state index in [1.165, 1.54) is 24.3 Å². The quantitative estimate of drug-likeness (QED) is 0.851. The Labute approximate surface area is 124 Å². The van der Waals surface area contributed by atoms with Gasteiger partial charge < -0.3 is 10.3 Å². The van der Waals surface area contributed by atoms with E-state index in [0.717, 1.165) is 11.6 Å². The molecule has 2 N–H and O–H groups in total. The lowest BCUT2D eigenvalue weighted by molar-refractivity contribution is 0.0946. The average Bonchev–Trinajstić information content (AvgIpc) is 2.79. The lowest BCUT2D eigenvalue weighted by Gasteiger charge is -2.10. The lowest BCUT2D eigenvalue weighted by Crippen LogP contribution is -2.37. The zero-order chi connectivity index (χ0) is 15.9. The molecule has 0 unspecified atom stereocenters. The van der Waals surface area contributed by atoms with E-state index in [0.29, 0.717) is 0 Å². The van der Waals surface area contributed by atoms with Gasteiger partial charge >= 0.3 is 0 Å². The molecular weight excluding hydrogens is 311 g/mol. The number of rotatable bonds is 2. The topological polar surface area (TPSA) is 96.1 Å². The first-order chi connectivity index (χ1) is 10.4. The van der Waals surface area contributed by atoms with Crippen molar-refractivity contribution in [2.45, 2.75) is 6.04 Å². The van der Waals surface area contributed by atoms with Crippen LogP contribution in [0.1, 0.15) is 10.4 Å². The van der Waals surface area contributed by atoms with E-state index in [1.807, 2.05) is 0 Å². The van der Waals surface area contributed by atoms with Gasteiger partial charge in [0.2, 0.25) is 5.43 Å². The first-order valence-electron chi connectivity index (χ1n) is 6.39. The highest BCUT2D eigenvalue weighted by atomic mass is 32.2. The third kappa shape index (κ3) is 2.52. The second kappa shape index (κ2) is 5.06. The maximum absolute atomic E-state index is 13.6. The van der Waals surface area contributed by atoms with E-state index in [9.17, 15) is 22.4 Å². The number of pyridine rings is 1. The lowest BCUT2D eigenvalue weighted by atomic mass is 10.1. The van der Waals surface area contributed by atoms with Crippen LogP contribution in [0, 0.1) is 5.82 Å². The SMILES string of the molecule is O=C(N[C@H]1C=CS(=O)(=O)C1)c1c[nH]c2c(F)cccc2c1=O. The van der Waals surface area contributed by atoms with Crippen molar-refractivity contribution in [3.63, 3.8) is 0 Å². The van der Waals surface area contributed by atoms with Crippen molar-refractivity contribution in [1.29, 1.82) is 0 Å². The molecule has 22 heavy (non-hydrogen) atoms. The van der Waals surface area contributed by atoms with Crippen LogP contribution in [-0.4, -0.2) is 31.1 Å². The molecule has 114 valence electrons. The van der Waals surface area contributed by atoms with Crippen molar-refractivity contribution in [2.24, 2.45) is 0 Å². The first kappa shape index (κ1) is 14.5. The minimum Gasteiger partial charge on any atom is -0.358 e. The minimum atomic E-state index is -3.30. The summed E-state index contributed by atoms with van der Waals surface area (Å²) in [5.74, 6) is -1.54. The molecule has 1 atom stereocenters. The van der Waals surface area contributed by atoms with E-state index in [-0.39, 0.29) is 22.2 Å². The molecule has 0 radical (unpaired) electrons. The van der Waals surface area contributed by atoms with E-state index in [4.69, 9.17) is 0 Å². The molecule has 6 nitrogen and oxygen atoms in total. The summed E-state index contributed by atoms with van der Waals surface area (Å²) in [4.78, 5) is 26.9. The number of carbonyl (C=O) groups is 1. The fourth-order valence-electron chi connectivity index (χ4n) is 2.30. The van der Waals surface area contributed by atoms with E-state index in [2.05, 4.69) is 10.3 Å². The Morgan fingerprint density at radius 2 is 2.14 bits per heavy atom. The molecule has 0 bridgehead atoms. The summed E-state index contributed by atoms with van der Waals surface area (Å²) in [6, 6.07) is 3.31.